The molecular weight excluding hydrogens is 356 g/mol. The first-order valence-corrected chi connectivity index (χ1v) is 9.30. The van der Waals surface area contributed by atoms with E-state index >= 15 is 0 Å². The third kappa shape index (κ3) is 6.61. The lowest BCUT2D eigenvalue weighted by molar-refractivity contribution is -0.131. The van der Waals surface area contributed by atoms with Gasteiger partial charge in [-0.3, -0.25) is 20.4 Å². The Hall–Kier alpha value is -3.02. The van der Waals surface area contributed by atoms with Crippen LogP contribution in [0.4, 0.5) is 0 Å². The number of carbonyl (C=O) groups excluding carboxylic acids is 2. The average Bonchev–Trinajstić information content (AvgIpc) is 2.70. The van der Waals surface area contributed by atoms with Gasteiger partial charge in [0.1, 0.15) is 11.5 Å². The summed E-state index contributed by atoms with van der Waals surface area (Å²) in [6, 6.07) is 15.0. The molecule has 0 saturated carbocycles. The molecule has 2 aromatic rings. The highest BCUT2D eigenvalue weighted by molar-refractivity contribution is 5.83. The van der Waals surface area contributed by atoms with Crippen LogP contribution in [0.2, 0.25) is 0 Å². The SMILES string of the molecule is CCC(C)(C)c1ccc(OCC(=O)NNC(=O)COc2ccc(C)cc2)cc1. The Labute approximate surface area is 166 Å². The summed E-state index contributed by atoms with van der Waals surface area (Å²) in [5, 5.41) is 0. The van der Waals surface area contributed by atoms with Gasteiger partial charge < -0.3 is 9.47 Å². The minimum atomic E-state index is -0.458. The normalized spacial score (nSPS) is 10.9. The van der Waals surface area contributed by atoms with Crippen LogP contribution in [0.1, 0.15) is 38.3 Å². The second-order valence-electron chi connectivity index (χ2n) is 7.25. The average molecular weight is 384 g/mol. The zero-order chi connectivity index (χ0) is 20.6. The number of nitrogens with one attached hydrogen (secondary N) is 2. The van der Waals surface area contributed by atoms with Crippen LogP contribution < -0.4 is 20.3 Å². The van der Waals surface area contributed by atoms with Crippen molar-refractivity contribution in [1.82, 2.24) is 10.9 Å². The van der Waals surface area contributed by atoms with Crippen molar-refractivity contribution in [2.45, 2.75) is 39.5 Å². The molecule has 150 valence electrons. The fourth-order valence-corrected chi connectivity index (χ4v) is 2.35. The molecule has 6 nitrogen and oxygen atoms in total. The van der Waals surface area contributed by atoms with Crippen molar-refractivity contribution in [1.29, 1.82) is 0 Å². The summed E-state index contributed by atoms with van der Waals surface area (Å²) in [7, 11) is 0. The van der Waals surface area contributed by atoms with Crippen molar-refractivity contribution in [3.63, 3.8) is 0 Å². The Bertz CT molecular complexity index is 783. The number of ether oxygens (including phenoxy) is 2. The number of hydrogen-bond donors (Lipinski definition) is 2. The van der Waals surface area contributed by atoms with Crippen LogP contribution in [0, 0.1) is 6.92 Å². The van der Waals surface area contributed by atoms with Gasteiger partial charge in [0.25, 0.3) is 11.8 Å². The van der Waals surface area contributed by atoms with E-state index in [1.165, 1.54) is 5.56 Å². The highest BCUT2D eigenvalue weighted by atomic mass is 16.5. The minimum Gasteiger partial charge on any atom is -0.484 e. The third-order valence-corrected chi connectivity index (χ3v) is 4.62. The van der Waals surface area contributed by atoms with Crippen molar-refractivity contribution in [2.24, 2.45) is 0 Å². The van der Waals surface area contributed by atoms with Gasteiger partial charge in [0.05, 0.1) is 0 Å². The summed E-state index contributed by atoms with van der Waals surface area (Å²) < 4.78 is 10.8. The Balaban J connectivity index is 1.69. The fraction of sp³-hybridized carbons (Fsp3) is 0.364. The van der Waals surface area contributed by atoms with Crippen LogP contribution in [-0.2, 0) is 15.0 Å². The summed E-state index contributed by atoms with van der Waals surface area (Å²) >= 11 is 0. The molecular formula is C22H28N2O4. The van der Waals surface area contributed by atoms with Crippen molar-refractivity contribution < 1.29 is 19.1 Å². The number of hydrazine groups is 1. The lowest BCUT2D eigenvalue weighted by Gasteiger charge is -2.23. The summed E-state index contributed by atoms with van der Waals surface area (Å²) in [4.78, 5) is 23.5. The van der Waals surface area contributed by atoms with Crippen LogP contribution >= 0.6 is 0 Å². The minimum absolute atomic E-state index is 0.0981. The fourth-order valence-electron chi connectivity index (χ4n) is 2.35. The topological polar surface area (TPSA) is 76.7 Å². The molecule has 0 unspecified atom stereocenters. The predicted molar refractivity (Wildman–Crippen MR) is 108 cm³/mol. The second kappa shape index (κ2) is 9.78. The summed E-state index contributed by atoms with van der Waals surface area (Å²) in [6.45, 7) is 8.08. The molecule has 0 heterocycles. The van der Waals surface area contributed by atoms with Gasteiger partial charge in [0.2, 0.25) is 0 Å². The molecule has 0 fully saturated rings. The van der Waals surface area contributed by atoms with Crippen LogP contribution in [0.15, 0.2) is 48.5 Å². The van der Waals surface area contributed by atoms with Gasteiger partial charge >= 0.3 is 0 Å². The van der Waals surface area contributed by atoms with Gasteiger partial charge in [0, 0.05) is 0 Å². The smallest absolute Gasteiger partial charge is 0.276 e. The Morgan fingerprint density at radius 2 is 1.25 bits per heavy atom. The zero-order valence-electron chi connectivity index (χ0n) is 16.9. The number of amides is 2. The number of carbonyl (C=O) groups is 2. The van der Waals surface area contributed by atoms with Gasteiger partial charge in [-0.1, -0.05) is 50.6 Å². The van der Waals surface area contributed by atoms with E-state index in [1.807, 2.05) is 43.3 Å². The van der Waals surface area contributed by atoms with Crippen molar-refractivity contribution in [3.8, 4) is 11.5 Å². The molecule has 0 saturated heterocycles. The molecule has 0 radical (unpaired) electrons. The summed E-state index contributed by atoms with van der Waals surface area (Å²) in [5.41, 5.74) is 7.01. The lowest BCUT2D eigenvalue weighted by Crippen LogP contribution is -2.45. The molecule has 2 aromatic carbocycles. The first-order chi connectivity index (χ1) is 13.3. The van der Waals surface area contributed by atoms with E-state index in [0.29, 0.717) is 11.5 Å². The van der Waals surface area contributed by atoms with Crippen LogP contribution in [0.3, 0.4) is 0 Å². The van der Waals surface area contributed by atoms with E-state index in [-0.39, 0.29) is 18.6 Å². The molecule has 2 N–H and O–H groups in total. The lowest BCUT2D eigenvalue weighted by atomic mass is 9.82. The third-order valence-electron chi connectivity index (χ3n) is 4.62. The second-order valence-corrected chi connectivity index (χ2v) is 7.25. The molecule has 2 rings (SSSR count). The van der Waals surface area contributed by atoms with Crippen LogP contribution in [-0.4, -0.2) is 25.0 Å². The largest absolute Gasteiger partial charge is 0.484 e. The first kappa shape index (κ1) is 21.3. The molecule has 0 bridgehead atoms. The van der Waals surface area contributed by atoms with E-state index in [9.17, 15) is 9.59 Å². The van der Waals surface area contributed by atoms with E-state index < -0.39 is 11.8 Å². The van der Waals surface area contributed by atoms with Crippen molar-refractivity contribution >= 4 is 11.8 Å². The molecule has 0 aromatic heterocycles. The van der Waals surface area contributed by atoms with Gasteiger partial charge in [0.15, 0.2) is 13.2 Å². The monoisotopic (exact) mass is 384 g/mol. The molecule has 0 aliphatic carbocycles. The van der Waals surface area contributed by atoms with Gasteiger partial charge in [-0.2, -0.15) is 0 Å². The Morgan fingerprint density at radius 1 is 0.821 bits per heavy atom. The maximum atomic E-state index is 11.8. The quantitative estimate of drug-likeness (QED) is 0.685. The maximum absolute atomic E-state index is 11.8. The highest BCUT2D eigenvalue weighted by Gasteiger charge is 2.17. The molecule has 0 spiro atoms. The molecule has 6 heteroatoms. The number of aryl methyl sites for hydroxylation is 1. The number of rotatable bonds is 8. The summed E-state index contributed by atoms with van der Waals surface area (Å²) in [5.74, 6) is 0.270. The zero-order valence-corrected chi connectivity index (χ0v) is 16.9. The summed E-state index contributed by atoms with van der Waals surface area (Å²) in [6.07, 6.45) is 1.03. The number of benzene rings is 2. The molecule has 0 atom stereocenters. The van der Waals surface area contributed by atoms with E-state index in [2.05, 4.69) is 31.6 Å². The Kier molecular flexibility index (Phi) is 7.44. The van der Waals surface area contributed by atoms with Gasteiger partial charge in [-0.05, 0) is 48.6 Å². The molecule has 0 aliphatic heterocycles. The van der Waals surface area contributed by atoms with Gasteiger partial charge in [-0.25, -0.2) is 0 Å². The van der Waals surface area contributed by atoms with E-state index in [0.717, 1.165) is 12.0 Å². The molecule has 0 aliphatic rings. The first-order valence-electron chi connectivity index (χ1n) is 9.30. The predicted octanol–water partition coefficient (Wildman–Crippen LogP) is 3.29. The van der Waals surface area contributed by atoms with Crippen LogP contribution in [0.5, 0.6) is 11.5 Å². The molecule has 2 amide bonds. The van der Waals surface area contributed by atoms with E-state index in [1.54, 1.807) is 12.1 Å². The van der Waals surface area contributed by atoms with Crippen LogP contribution in [0.25, 0.3) is 0 Å². The van der Waals surface area contributed by atoms with E-state index in [4.69, 9.17) is 9.47 Å². The Morgan fingerprint density at radius 3 is 1.68 bits per heavy atom. The van der Waals surface area contributed by atoms with Crippen molar-refractivity contribution in [2.75, 3.05) is 13.2 Å². The maximum Gasteiger partial charge on any atom is 0.276 e. The standard InChI is InChI=1S/C22H28N2O4/c1-5-22(3,4)17-8-12-19(13-9-17)28-15-21(26)24-23-20(25)14-27-18-10-6-16(2)7-11-18/h6-13H,5,14-15H2,1-4H3,(H,23,25)(H,24,26). The van der Waals surface area contributed by atoms with Crippen molar-refractivity contribution in [3.05, 3.63) is 59.7 Å². The highest BCUT2D eigenvalue weighted by Crippen LogP contribution is 2.27. The van der Waals surface area contributed by atoms with Gasteiger partial charge in [-0.15, -0.1) is 0 Å². The number of hydrogen-bond acceptors (Lipinski definition) is 4. The molecule has 28 heavy (non-hydrogen) atoms.